The number of carbonyl (C=O) groups excluding carboxylic acids is 2. The Bertz CT molecular complexity index is 463. The predicted octanol–water partition coefficient (Wildman–Crippen LogP) is 2.18. The molecule has 0 aromatic carbocycles. The first kappa shape index (κ1) is 22.2. The SMILES string of the molecule is C=C(OC(C)(C)C)[C@H](CCC(O)C(N)=O)N(C)C(=O)OC(C)(C)C. The summed E-state index contributed by atoms with van der Waals surface area (Å²) >= 11 is 0. The molecule has 0 saturated heterocycles. The van der Waals surface area contributed by atoms with E-state index in [2.05, 4.69) is 6.58 Å². The molecule has 7 heteroatoms. The first-order valence-corrected chi connectivity index (χ1v) is 7.95. The molecule has 0 rings (SSSR count). The van der Waals surface area contributed by atoms with Crippen molar-refractivity contribution >= 4 is 12.0 Å². The highest BCUT2D eigenvalue weighted by Gasteiger charge is 2.30. The Morgan fingerprint density at radius 2 is 1.54 bits per heavy atom. The second kappa shape index (κ2) is 8.37. The second-order valence-electron chi connectivity index (χ2n) is 7.78. The lowest BCUT2D eigenvalue weighted by atomic mass is 10.0. The van der Waals surface area contributed by atoms with Crippen LogP contribution in [0.15, 0.2) is 12.3 Å². The second-order valence-corrected chi connectivity index (χ2v) is 7.78. The summed E-state index contributed by atoms with van der Waals surface area (Å²) in [5, 5.41) is 9.62. The molecule has 0 aliphatic carbocycles. The lowest BCUT2D eigenvalue weighted by Crippen LogP contribution is -2.43. The van der Waals surface area contributed by atoms with Gasteiger partial charge in [0.1, 0.15) is 23.1 Å². The van der Waals surface area contributed by atoms with Crippen LogP contribution < -0.4 is 5.73 Å². The molecule has 3 N–H and O–H groups in total. The number of nitrogens with zero attached hydrogens (tertiary/aromatic N) is 1. The molecule has 0 spiro atoms. The van der Waals surface area contributed by atoms with Crippen molar-refractivity contribution in [3.63, 3.8) is 0 Å². The van der Waals surface area contributed by atoms with Crippen LogP contribution in [0.5, 0.6) is 0 Å². The van der Waals surface area contributed by atoms with Crippen LogP contribution in [0, 0.1) is 0 Å². The zero-order valence-electron chi connectivity index (χ0n) is 15.9. The largest absolute Gasteiger partial charge is 0.491 e. The summed E-state index contributed by atoms with van der Waals surface area (Å²) < 4.78 is 11.1. The van der Waals surface area contributed by atoms with E-state index >= 15 is 0 Å². The number of amides is 2. The molecule has 0 aliphatic rings. The Morgan fingerprint density at radius 3 is 1.92 bits per heavy atom. The van der Waals surface area contributed by atoms with Gasteiger partial charge < -0.3 is 25.2 Å². The van der Waals surface area contributed by atoms with Crippen LogP contribution in [0.25, 0.3) is 0 Å². The van der Waals surface area contributed by atoms with E-state index in [1.54, 1.807) is 27.8 Å². The number of aliphatic hydroxyl groups is 1. The Morgan fingerprint density at radius 1 is 1.08 bits per heavy atom. The molecule has 140 valence electrons. The van der Waals surface area contributed by atoms with Gasteiger partial charge in [-0.25, -0.2) is 4.79 Å². The van der Waals surface area contributed by atoms with Gasteiger partial charge in [-0.15, -0.1) is 0 Å². The van der Waals surface area contributed by atoms with Gasteiger partial charge in [0.2, 0.25) is 5.91 Å². The molecule has 2 amide bonds. The van der Waals surface area contributed by atoms with Crippen molar-refractivity contribution in [3.05, 3.63) is 12.3 Å². The summed E-state index contributed by atoms with van der Waals surface area (Å²) in [6.45, 7) is 14.8. The van der Waals surface area contributed by atoms with E-state index in [9.17, 15) is 14.7 Å². The molecule has 0 aliphatic heterocycles. The number of hydrogen-bond donors (Lipinski definition) is 2. The number of aliphatic hydroxyl groups excluding tert-OH is 1. The first-order chi connectivity index (χ1) is 10.6. The average molecular weight is 344 g/mol. The van der Waals surface area contributed by atoms with Gasteiger partial charge in [0.25, 0.3) is 0 Å². The number of carbonyl (C=O) groups is 2. The maximum atomic E-state index is 12.3. The maximum Gasteiger partial charge on any atom is 0.410 e. The Hall–Kier alpha value is -1.76. The van der Waals surface area contributed by atoms with Gasteiger partial charge in [0.15, 0.2) is 0 Å². The van der Waals surface area contributed by atoms with Crippen LogP contribution in [-0.4, -0.2) is 52.4 Å². The van der Waals surface area contributed by atoms with Crippen molar-refractivity contribution in [1.82, 2.24) is 4.90 Å². The molecule has 0 aromatic heterocycles. The van der Waals surface area contributed by atoms with Crippen LogP contribution in [0.2, 0.25) is 0 Å². The monoisotopic (exact) mass is 344 g/mol. The van der Waals surface area contributed by atoms with E-state index in [4.69, 9.17) is 15.2 Å². The highest BCUT2D eigenvalue weighted by Crippen LogP contribution is 2.23. The topological polar surface area (TPSA) is 102 Å². The van der Waals surface area contributed by atoms with Gasteiger partial charge in [-0.05, 0) is 54.4 Å². The molecule has 0 fully saturated rings. The molecule has 2 atom stereocenters. The average Bonchev–Trinajstić information content (AvgIpc) is 2.33. The van der Waals surface area contributed by atoms with E-state index in [0.717, 1.165) is 0 Å². The minimum absolute atomic E-state index is 0.0830. The summed E-state index contributed by atoms with van der Waals surface area (Å²) in [6, 6.07) is -0.562. The molecule has 24 heavy (non-hydrogen) atoms. The number of rotatable bonds is 7. The number of primary amides is 1. The van der Waals surface area contributed by atoms with Crippen LogP contribution >= 0.6 is 0 Å². The molecule has 7 nitrogen and oxygen atoms in total. The van der Waals surface area contributed by atoms with Crippen LogP contribution in [0.4, 0.5) is 4.79 Å². The highest BCUT2D eigenvalue weighted by atomic mass is 16.6. The fourth-order valence-electron chi connectivity index (χ4n) is 1.95. The Kier molecular flexibility index (Phi) is 7.76. The summed E-state index contributed by atoms with van der Waals surface area (Å²) in [5.41, 5.74) is 3.93. The molecule has 0 bridgehead atoms. The lowest BCUT2D eigenvalue weighted by molar-refractivity contribution is -0.126. The standard InChI is InChI=1S/C17H32N2O5/c1-11(23-16(2,3)4)12(9-10-13(20)14(18)21)19(8)15(22)24-17(5,6)7/h12-13,20H,1,9-10H2,2-8H3,(H2,18,21)/t12-,13?/m0/s1. The predicted molar refractivity (Wildman–Crippen MR) is 92.2 cm³/mol. The van der Waals surface area contributed by atoms with E-state index < -0.39 is 35.3 Å². The quantitative estimate of drug-likeness (QED) is 0.689. The van der Waals surface area contributed by atoms with Crippen LogP contribution in [0.1, 0.15) is 54.4 Å². The van der Waals surface area contributed by atoms with Gasteiger partial charge in [0, 0.05) is 7.05 Å². The minimum Gasteiger partial charge on any atom is -0.491 e. The van der Waals surface area contributed by atoms with Crippen LogP contribution in [-0.2, 0) is 14.3 Å². The van der Waals surface area contributed by atoms with Crippen molar-refractivity contribution in [3.8, 4) is 0 Å². The molecule has 0 aromatic rings. The fourth-order valence-corrected chi connectivity index (χ4v) is 1.95. The summed E-state index contributed by atoms with van der Waals surface area (Å²) in [4.78, 5) is 24.7. The van der Waals surface area contributed by atoms with Gasteiger partial charge in [-0.2, -0.15) is 0 Å². The Balaban J connectivity index is 5.19. The van der Waals surface area contributed by atoms with Crippen molar-refractivity contribution < 1.29 is 24.2 Å². The van der Waals surface area contributed by atoms with Gasteiger partial charge in [0.05, 0.1) is 6.04 Å². The lowest BCUT2D eigenvalue weighted by Gasteiger charge is -2.34. The molecular weight excluding hydrogens is 312 g/mol. The van der Waals surface area contributed by atoms with Crippen LogP contribution in [0.3, 0.4) is 0 Å². The fraction of sp³-hybridized carbons (Fsp3) is 0.765. The molecule has 0 heterocycles. The zero-order valence-corrected chi connectivity index (χ0v) is 15.9. The van der Waals surface area contributed by atoms with Crippen molar-refractivity contribution in [2.45, 2.75) is 77.7 Å². The van der Waals surface area contributed by atoms with E-state index in [1.165, 1.54) is 4.90 Å². The molecule has 0 saturated carbocycles. The molecule has 0 radical (unpaired) electrons. The van der Waals surface area contributed by atoms with E-state index in [0.29, 0.717) is 5.76 Å². The van der Waals surface area contributed by atoms with E-state index in [-0.39, 0.29) is 12.8 Å². The maximum absolute atomic E-state index is 12.3. The number of ether oxygens (including phenoxy) is 2. The zero-order chi connectivity index (χ0) is 19.3. The van der Waals surface area contributed by atoms with Crippen molar-refractivity contribution in [2.24, 2.45) is 5.73 Å². The smallest absolute Gasteiger partial charge is 0.410 e. The van der Waals surface area contributed by atoms with Gasteiger partial charge in [-0.3, -0.25) is 4.79 Å². The third-order valence-electron chi connectivity index (χ3n) is 3.00. The van der Waals surface area contributed by atoms with Gasteiger partial charge in [-0.1, -0.05) is 6.58 Å². The summed E-state index contributed by atoms with van der Waals surface area (Å²) in [6.07, 6.45) is -1.49. The normalized spacial score (nSPS) is 14.5. The summed E-state index contributed by atoms with van der Waals surface area (Å²) in [5.74, 6) is -0.455. The number of hydrogen-bond acceptors (Lipinski definition) is 5. The van der Waals surface area contributed by atoms with Gasteiger partial charge >= 0.3 is 6.09 Å². The van der Waals surface area contributed by atoms with Crippen molar-refractivity contribution in [1.29, 1.82) is 0 Å². The third-order valence-corrected chi connectivity index (χ3v) is 3.00. The van der Waals surface area contributed by atoms with E-state index in [1.807, 2.05) is 20.8 Å². The minimum atomic E-state index is -1.29. The molecule has 1 unspecified atom stereocenters. The molecular formula is C17H32N2O5. The highest BCUT2D eigenvalue weighted by molar-refractivity contribution is 5.78. The van der Waals surface area contributed by atoms with Crippen molar-refractivity contribution in [2.75, 3.05) is 7.05 Å². The Labute approximate surface area is 144 Å². The number of nitrogens with two attached hydrogens (primary N) is 1. The number of likely N-dealkylation sites (N-methyl/N-ethyl adjacent to an activating group) is 1. The first-order valence-electron chi connectivity index (χ1n) is 7.95. The summed E-state index contributed by atoms with van der Waals surface area (Å²) in [7, 11) is 1.56. The third kappa shape index (κ3) is 8.76.